The SMILES string of the molecule is Cc1cccc2c1OC(c1ccccc1Cl)CN2. The van der Waals surface area contributed by atoms with Crippen molar-refractivity contribution in [2.24, 2.45) is 0 Å². The highest BCUT2D eigenvalue weighted by atomic mass is 35.5. The van der Waals surface area contributed by atoms with Gasteiger partial charge in [-0.1, -0.05) is 41.9 Å². The Morgan fingerprint density at radius 3 is 2.83 bits per heavy atom. The second kappa shape index (κ2) is 4.54. The molecule has 0 amide bonds. The summed E-state index contributed by atoms with van der Waals surface area (Å²) in [5.74, 6) is 0.925. The second-order valence-corrected chi connectivity index (χ2v) is 4.87. The molecule has 2 aromatic carbocycles. The van der Waals surface area contributed by atoms with E-state index >= 15 is 0 Å². The third kappa shape index (κ3) is 1.93. The van der Waals surface area contributed by atoms with Crippen LogP contribution in [0.15, 0.2) is 42.5 Å². The summed E-state index contributed by atoms with van der Waals surface area (Å²) in [5.41, 5.74) is 3.22. The van der Waals surface area contributed by atoms with Crippen molar-refractivity contribution in [3.8, 4) is 5.75 Å². The third-order valence-corrected chi connectivity index (χ3v) is 3.55. The van der Waals surface area contributed by atoms with Gasteiger partial charge >= 0.3 is 0 Å². The lowest BCUT2D eigenvalue weighted by atomic mass is 10.1. The Morgan fingerprint density at radius 2 is 2.00 bits per heavy atom. The fourth-order valence-electron chi connectivity index (χ4n) is 2.24. The van der Waals surface area contributed by atoms with Crippen molar-refractivity contribution in [2.45, 2.75) is 13.0 Å². The Labute approximate surface area is 112 Å². The smallest absolute Gasteiger partial charge is 0.146 e. The molecule has 0 saturated carbocycles. The van der Waals surface area contributed by atoms with Crippen LogP contribution in [0.4, 0.5) is 5.69 Å². The van der Waals surface area contributed by atoms with E-state index < -0.39 is 0 Å². The van der Waals surface area contributed by atoms with Crippen molar-refractivity contribution in [1.82, 2.24) is 0 Å². The first-order valence-electron chi connectivity index (χ1n) is 6.00. The summed E-state index contributed by atoms with van der Waals surface area (Å²) in [6, 6.07) is 13.9. The lowest BCUT2D eigenvalue weighted by Crippen LogP contribution is -2.24. The number of rotatable bonds is 1. The molecular formula is C15H14ClNO. The highest BCUT2D eigenvalue weighted by Crippen LogP contribution is 2.38. The van der Waals surface area contributed by atoms with Gasteiger partial charge in [0.05, 0.1) is 12.2 Å². The lowest BCUT2D eigenvalue weighted by molar-refractivity contribution is 0.209. The summed E-state index contributed by atoms with van der Waals surface area (Å²) in [4.78, 5) is 0. The molecule has 2 nitrogen and oxygen atoms in total. The average molecular weight is 260 g/mol. The average Bonchev–Trinajstić information content (AvgIpc) is 2.40. The van der Waals surface area contributed by atoms with Gasteiger partial charge in [-0.2, -0.15) is 0 Å². The highest BCUT2D eigenvalue weighted by molar-refractivity contribution is 6.31. The first-order chi connectivity index (χ1) is 8.75. The molecule has 1 atom stereocenters. The maximum atomic E-state index is 6.22. The van der Waals surface area contributed by atoms with Gasteiger partial charge in [0, 0.05) is 10.6 Å². The minimum atomic E-state index is -0.0349. The maximum Gasteiger partial charge on any atom is 0.146 e. The molecule has 1 N–H and O–H groups in total. The van der Waals surface area contributed by atoms with Crippen LogP contribution in [0.5, 0.6) is 5.75 Å². The van der Waals surface area contributed by atoms with Crippen LogP contribution >= 0.6 is 11.6 Å². The van der Waals surface area contributed by atoms with Crippen LogP contribution in [0.2, 0.25) is 5.02 Å². The summed E-state index contributed by atoms with van der Waals surface area (Å²) in [6.45, 7) is 2.79. The van der Waals surface area contributed by atoms with E-state index in [1.807, 2.05) is 36.4 Å². The van der Waals surface area contributed by atoms with Gasteiger partial charge in [0.15, 0.2) is 0 Å². The van der Waals surface area contributed by atoms with Crippen LogP contribution in [0.3, 0.4) is 0 Å². The van der Waals surface area contributed by atoms with Gasteiger partial charge in [-0.3, -0.25) is 0 Å². The van der Waals surface area contributed by atoms with Crippen molar-refractivity contribution in [3.63, 3.8) is 0 Å². The van der Waals surface area contributed by atoms with E-state index in [2.05, 4.69) is 18.3 Å². The number of hydrogen-bond acceptors (Lipinski definition) is 2. The second-order valence-electron chi connectivity index (χ2n) is 4.46. The predicted octanol–water partition coefficient (Wildman–Crippen LogP) is 4.19. The van der Waals surface area contributed by atoms with Crippen LogP contribution in [0.25, 0.3) is 0 Å². The number of aryl methyl sites for hydroxylation is 1. The van der Waals surface area contributed by atoms with Crippen molar-refractivity contribution < 1.29 is 4.74 Å². The zero-order chi connectivity index (χ0) is 12.5. The quantitative estimate of drug-likeness (QED) is 0.829. The van der Waals surface area contributed by atoms with Crippen molar-refractivity contribution in [2.75, 3.05) is 11.9 Å². The van der Waals surface area contributed by atoms with Gasteiger partial charge in [-0.25, -0.2) is 0 Å². The van der Waals surface area contributed by atoms with Crippen LogP contribution in [0.1, 0.15) is 17.2 Å². The minimum absolute atomic E-state index is 0.0349. The summed E-state index contributed by atoms with van der Waals surface area (Å²) in [5, 5.41) is 4.15. The summed E-state index contributed by atoms with van der Waals surface area (Å²) >= 11 is 6.22. The molecular weight excluding hydrogens is 246 g/mol. The van der Waals surface area contributed by atoms with E-state index in [-0.39, 0.29) is 6.10 Å². The van der Waals surface area contributed by atoms with Gasteiger partial charge in [0.1, 0.15) is 11.9 Å². The molecule has 1 unspecified atom stereocenters. The van der Waals surface area contributed by atoms with Crippen molar-refractivity contribution in [3.05, 3.63) is 58.6 Å². The lowest BCUT2D eigenvalue weighted by Gasteiger charge is -2.29. The van der Waals surface area contributed by atoms with Gasteiger partial charge < -0.3 is 10.1 Å². The zero-order valence-corrected chi connectivity index (χ0v) is 10.9. The third-order valence-electron chi connectivity index (χ3n) is 3.20. The molecule has 0 spiro atoms. The normalized spacial score (nSPS) is 17.6. The van der Waals surface area contributed by atoms with Gasteiger partial charge in [-0.15, -0.1) is 0 Å². The molecule has 1 aliphatic heterocycles. The predicted molar refractivity (Wildman–Crippen MR) is 74.5 cm³/mol. The molecule has 18 heavy (non-hydrogen) atoms. The summed E-state index contributed by atoms with van der Waals surface area (Å²) in [7, 11) is 0. The standard InChI is InChI=1S/C15H14ClNO/c1-10-5-4-8-13-15(10)18-14(9-17-13)11-6-2-3-7-12(11)16/h2-8,14,17H,9H2,1H3. The minimum Gasteiger partial charge on any atom is -0.481 e. The monoisotopic (exact) mass is 259 g/mol. The Hall–Kier alpha value is -1.67. The van der Waals surface area contributed by atoms with Gasteiger partial charge in [0.2, 0.25) is 0 Å². The highest BCUT2D eigenvalue weighted by Gasteiger charge is 2.23. The van der Waals surface area contributed by atoms with E-state index in [4.69, 9.17) is 16.3 Å². The zero-order valence-electron chi connectivity index (χ0n) is 10.1. The first-order valence-corrected chi connectivity index (χ1v) is 6.38. The van der Waals surface area contributed by atoms with E-state index in [9.17, 15) is 0 Å². The summed E-state index contributed by atoms with van der Waals surface area (Å²) in [6.07, 6.45) is -0.0349. The molecule has 1 heterocycles. The molecule has 0 radical (unpaired) electrons. The van der Waals surface area contributed by atoms with Crippen LogP contribution < -0.4 is 10.1 Å². The number of para-hydroxylation sites is 1. The molecule has 0 aliphatic carbocycles. The van der Waals surface area contributed by atoms with Crippen molar-refractivity contribution in [1.29, 1.82) is 0 Å². The Morgan fingerprint density at radius 1 is 1.17 bits per heavy atom. The number of fused-ring (bicyclic) bond motifs is 1. The van der Waals surface area contributed by atoms with Crippen LogP contribution in [-0.2, 0) is 0 Å². The van der Waals surface area contributed by atoms with Crippen molar-refractivity contribution >= 4 is 17.3 Å². The molecule has 1 aliphatic rings. The Kier molecular flexibility index (Phi) is 2.88. The Bertz CT molecular complexity index is 582. The fraction of sp³-hybridized carbons (Fsp3) is 0.200. The molecule has 92 valence electrons. The van der Waals surface area contributed by atoms with E-state index in [1.54, 1.807) is 0 Å². The maximum absolute atomic E-state index is 6.22. The van der Waals surface area contributed by atoms with E-state index in [1.165, 1.54) is 0 Å². The first kappa shape index (κ1) is 11.4. The van der Waals surface area contributed by atoms with Gasteiger partial charge in [-0.05, 0) is 24.6 Å². The van der Waals surface area contributed by atoms with Crippen LogP contribution in [0, 0.1) is 6.92 Å². The number of hydrogen-bond donors (Lipinski definition) is 1. The number of anilines is 1. The fourth-order valence-corrected chi connectivity index (χ4v) is 2.50. The molecule has 3 rings (SSSR count). The molecule has 2 aromatic rings. The molecule has 0 fully saturated rings. The summed E-state index contributed by atoms with van der Waals surface area (Å²) < 4.78 is 6.08. The number of ether oxygens (including phenoxy) is 1. The number of nitrogens with one attached hydrogen (secondary N) is 1. The topological polar surface area (TPSA) is 21.3 Å². The molecule has 0 aromatic heterocycles. The van der Waals surface area contributed by atoms with E-state index in [0.717, 1.165) is 34.1 Å². The van der Waals surface area contributed by atoms with E-state index in [0.29, 0.717) is 0 Å². The Balaban J connectivity index is 1.96. The molecule has 0 bridgehead atoms. The molecule has 3 heteroatoms. The number of halogens is 1. The largest absolute Gasteiger partial charge is 0.481 e. The van der Waals surface area contributed by atoms with Gasteiger partial charge in [0.25, 0.3) is 0 Å². The molecule has 0 saturated heterocycles. The number of benzene rings is 2. The van der Waals surface area contributed by atoms with Crippen LogP contribution in [-0.4, -0.2) is 6.54 Å².